The molecule has 0 aliphatic rings. The van der Waals surface area contributed by atoms with Crippen LogP contribution in [0.3, 0.4) is 0 Å². The molecule has 0 bridgehead atoms. The number of hydrogen-bond acceptors (Lipinski definition) is 1. The summed E-state index contributed by atoms with van der Waals surface area (Å²) in [7, 11) is 1.68. The van der Waals surface area contributed by atoms with E-state index in [1.54, 1.807) is 7.11 Å². The van der Waals surface area contributed by atoms with Gasteiger partial charge in [0.2, 0.25) is 0 Å². The highest BCUT2D eigenvalue weighted by molar-refractivity contribution is 5.72. The van der Waals surface area contributed by atoms with E-state index in [9.17, 15) is 0 Å². The maximum Gasteiger partial charge on any atom is 0.118 e. The van der Waals surface area contributed by atoms with Crippen LogP contribution in [0.25, 0.3) is 23.3 Å². The second-order valence-corrected chi connectivity index (χ2v) is 5.09. The molecule has 0 aliphatic heterocycles. The summed E-state index contributed by atoms with van der Waals surface area (Å²) >= 11 is 0. The molecule has 1 heteroatoms. The summed E-state index contributed by atoms with van der Waals surface area (Å²) in [5.74, 6) is 0.879. The van der Waals surface area contributed by atoms with E-state index in [2.05, 4.69) is 60.7 Å². The number of methoxy groups -OCH3 is 1. The van der Waals surface area contributed by atoms with Crippen LogP contribution in [0.5, 0.6) is 5.75 Å². The van der Waals surface area contributed by atoms with Crippen molar-refractivity contribution in [3.05, 3.63) is 90.0 Å². The fourth-order valence-corrected chi connectivity index (χ4v) is 2.32. The molecule has 0 atom stereocenters. The van der Waals surface area contributed by atoms with Gasteiger partial charge in [-0.25, -0.2) is 0 Å². The van der Waals surface area contributed by atoms with Crippen LogP contribution in [0, 0.1) is 0 Å². The first-order valence-electron chi connectivity index (χ1n) is 7.33. The third kappa shape index (κ3) is 3.44. The summed E-state index contributed by atoms with van der Waals surface area (Å²) in [5, 5.41) is 0. The van der Waals surface area contributed by atoms with Gasteiger partial charge in [0.15, 0.2) is 0 Å². The summed E-state index contributed by atoms with van der Waals surface area (Å²) in [5.41, 5.74) is 4.83. The van der Waals surface area contributed by atoms with Gasteiger partial charge in [0.25, 0.3) is 0 Å². The maximum atomic E-state index is 5.16. The van der Waals surface area contributed by atoms with Crippen molar-refractivity contribution in [2.75, 3.05) is 7.11 Å². The SMILES string of the molecule is COc1ccc(/C=C/c2ccc(-c3ccccc3)cc2)cc1. The predicted molar refractivity (Wildman–Crippen MR) is 93.8 cm³/mol. The Morgan fingerprint density at radius 2 is 1.09 bits per heavy atom. The predicted octanol–water partition coefficient (Wildman–Crippen LogP) is 5.53. The highest BCUT2D eigenvalue weighted by Gasteiger charge is 1.96. The molecule has 0 N–H and O–H groups in total. The quantitative estimate of drug-likeness (QED) is 0.573. The smallest absolute Gasteiger partial charge is 0.118 e. The third-order valence-electron chi connectivity index (χ3n) is 3.60. The fraction of sp³-hybridized carbons (Fsp3) is 0.0476. The van der Waals surface area contributed by atoms with E-state index in [4.69, 9.17) is 4.74 Å². The van der Waals surface area contributed by atoms with Gasteiger partial charge in [0.1, 0.15) is 5.75 Å². The number of benzene rings is 3. The first kappa shape index (κ1) is 14.2. The molecule has 0 spiro atoms. The molecule has 0 saturated heterocycles. The maximum absolute atomic E-state index is 5.16. The zero-order valence-electron chi connectivity index (χ0n) is 12.6. The summed E-state index contributed by atoms with van der Waals surface area (Å²) < 4.78 is 5.16. The largest absolute Gasteiger partial charge is 0.497 e. The van der Waals surface area contributed by atoms with Crippen LogP contribution < -0.4 is 4.74 Å². The standard InChI is InChI=1S/C21H18O/c1-22-21-15-11-18(12-16-21)8-7-17-9-13-20(14-10-17)19-5-3-2-4-6-19/h2-16H,1H3/b8-7+. The zero-order valence-corrected chi connectivity index (χ0v) is 12.6. The molecule has 0 amide bonds. The van der Waals surface area contributed by atoms with E-state index in [0.717, 1.165) is 11.3 Å². The van der Waals surface area contributed by atoms with Crippen molar-refractivity contribution >= 4 is 12.2 Å². The summed E-state index contributed by atoms with van der Waals surface area (Å²) in [6, 6.07) is 27.0. The minimum atomic E-state index is 0.879. The molecule has 0 aliphatic carbocycles. The Balaban J connectivity index is 1.74. The Hall–Kier alpha value is -2.80. The highest BCUT2D eigenvalue weighted by atomic mass is 16.5. The van der Waals surface area contributed by atoms with Crippen LogP contribution in [0.15, 0.2) is 78.9 Å². The topological polar surface area (TPSA) is 9.23 Å². The molecule has 0 aromatic heterocycles. The molecular weight excluding hydrogens is 268 g/mol. The van der Waals surface area contributed by atoms with Crippen LogP contribution in [-0.2, 0) is 0 Å². The lowest BCUT2D eigenvalue weighted by Crippen LogP contribution is -1.81. The number of rotatable bonds is 4. The van der Waals surface area contributed by atoms with Gasteiger partial charge in [0.05, 0.1) is 7.11 Å². The molecule has 0 unspecified atom stereocenters. The molecular formula is C21H18O. The first-order valence-corrected chi connectivity index (χ1v) is 7.33. The van der Waals surface area contributed by atoms with E-state index in [1.165, 1.54) is 16.7 Å². The van der Waals surface area contributed by atoms with Crippen molar-refractivity contribution in [3.8, 4) is 16.9 Å². The van der Waals surface area contributed by atoms with Crippen molar-refractivity contribution < 1.29 is 4.74 Å². The monoisotopic (exact) mass is 286 g/mol. The lowest BCUT2D eigenvalue weighted by molar-refractivity contribution is 0.415. The van der Waals surface area contributed by atoms with E-state index in [0.29, 0.717) is 0 Å². The van der Waals surface area contributed by atoms with Gasteiger partial charge in [-0.05, 0) is 34.4 Å². The van der Waals surface area contributed by atoms with Gasteiger partial charge in [-0.15, -0.1) is 0 Å². The second kappa shape index (κ2) is 6.77. The van der Waals surface area contributed by atoms with Gasteiger partial charge >= 0.3 is 0 Å². The summed E-state index contributed by atoms with van der Waals surface area (Å²) in [6.45, 7) is 0. The minimum Gasteiger partial charge on any atom is -0.497 e. The lowest BCUT2D eigenvalue weighted by Gasteiger charge is -2.02. The minimum absolute atomic E-state index is 0.879. The second-order valence-electron chi connectivity index (χ2n) is 5.09. The summed E-state index contributed by atoms with van der Waals surface area (Å²) in [6.07, 6.45) is 4.23. The van der Waals surface area contributed by atoms with E-state index < -0.39 is 0 Å². The van der Waals surface area contributed by atoms with Crippen LogP contribution in [0.1, 0.15) is 11.1 Å². The zero-order chi connectivity index (χ0) is 15.2. The molecule has 1 nitrogen and oxygen atoms in total. The molecule has 0 saturated carbocycles. The molecule has 0 fully saturated rings. The van der Waals surface area contributed by atoms with Crippen LogP contribution in [0.4, 0.5) is 0 Å². The fourth-order valence-electron chi connectivity index (χ4n) is 2.32. The average Bonchev–Trinajstić information content (AvgIpc) is 2.61. The van der Waals surface area contributed by atoms with Gasteiger partial charge in [-0.3, -0.25) is 0 Å². The molecule has 22 heavy (non-hydrogen) atoms. The van der Waals surface area contributed by atoms with Gasteiger partial charge in [-0.1, -0.05) is 78.9 Å². The van der Waals surface area contributed by atoms with Crippen molar-refractivity contribution in [2.45, 2.75) is 0 Å². The van der Waals surface area contributed by atoms with Crippen LogP contribution >= 0.6 is 0 Å². The lowest BCUT2D eigenvalue weighted by atomic mass is 10.0. The van der Waals surface area contributed by atoms with E-state index in [-0.39, 0.29) is 0 Å². The molecule has 3 rings (SSSR count). The molecule has 3 aromatic carbocycles. The average molecular weight is 286 g/mol. The van der Waals surface area contributed by atoms with E-state index >= 15 is 0 Å². The Labute approximate surface area is 131 Å². The molecule has 108 valence electrons. The van der Waals surface area contributed by atoms with Crippen molar-refractivity contribution in [1.82, 2.24) is 0 Å². The van der Waals surface area contributed by atoms with Gasteiger partial charge < -0.3 is 4.74 Å². The normalized spacial score (nSPS) is 10.8. The number of ether oxygens (including phenoxy) is 1. The molecule has 0 radical (unpaired) electrons. The summed E-state index contributed by atoms with van der Waals surface area (Å²) in [4.78, 5) is 0. The molecule has 0 heterocycles. The number of hydrogen-bond donors (Lipinski definition) is 0. The van der Waals surface area contributed by atoms with Crippen LogP contribution in [-0.4, -0.2) is 7.11 Å². The van der Waals surface area contributed by atoms with Crippen molar-refractivity contribution in [3.63, 3.8) is 0 Å². The van der Waals surface area contributed by atoms with Gasteiger partial charge in [-0.2, -0.15) is 0 Å². The van der Waals surface area contributed by atoms with Gasteiger partial charge in [0, 0.05) is 0 Å². The third-order valence-corrected chi connectivity index (χ3v) is 3.60. The van der Waals surface area contributed by atoms with Crippen LogP contribution in [0.2, 0.25) is 0 Å². The Morgan fingerprint density at radius 3 is 1.64 bits per heavy atom. The Bertz CT molecular complexity index is 738. The van der Waals surface area contributed by atoms with Crippen molar-refractivity contribution in [1.29, 1.82) is 0 Å². The Morgan fingerprint density at radius 1 is 0.591 bits per heavy atom. The Kier molecular flexibility index (Phi) is 4.35. The first-order chi connectivity index (χ1) is 10.8. The molecule has 3 aromatic rings. The van der Waals surface area contributed by atoms with E-state index in [1.807, 2.05) is 30.3 Å². The van der Waals surface area contributed by atoms with Crippen molar-refractivity contribution in [2.24, 2.45) is 0 Å². The highest BCUT2D eigenvalue weighted by Crippen LogP contribution is 2.20.